The summed E-state index contributed by atoms with van der Waals surface area (Å²) in [6.45, 7) is 0. The second-order valence-corrected chi connectivity index (χ2v) is 4.09. The van der Waals surface area contributed by atoms with E-state index < -0.39 is 0 Å². The van der Waals surface area contributed by atoms with E-state index in [1.807, 2.05) is 73.3 Å². The summed E-state index contributed by atoms with van der Waals surface area (Å²) in [7, 11) is 0. The van der Waals surface area contributed by atoms with Crippen molar-refractivity contribution < 1.29 is 9.35 Å². The summed E-state index contributed by atoms with van der Waals surface area (Å²) in [4.78, 5) is 4.28. The van der Waals surface area contributed by atoms with Gasteiger partial charge in [-0.15, -0.1) is 0 Å². The fraction of sp³-hybridized carbons (Fsp3) is 0. The third kappa shape index (κ3) is 3.08. The number of aromatic nitrogens is 3. The van der Waals surface area contributed by atoms with Crippen LogP contribution in [-0.2, 0) is 0 Å². The van der Waals surface area contributed by atoms with Gasteiger partial charge in [-0.25, -0.2) is 4.68 Å². The van der Waals surface area contributed by atoms with E-state index in [4.69, 9.17) is 0 Å². The van der Waals surface area contributed by atoms with E-state index >= 15 is 0 Å². The van der Waals surface area contributed by atoms with Crippen molar-refractivity contribution in [2.75, 3.05) is 0 Å². The Morgan fingerprint density at radius 2 is 1.30 bits per heavy atom. The molecular weight excluding hydrogens is 250 g/mol. The van der Waals surface area contributed by atoms with E-state index in [9.17, 15) is 0 Å². The van der Waals surface area contributed by atoms with Crippen molar-refractivity contribution in [3.8, 4) is 0 Å². The van der Waals surface area contributed by atoms with Crippen LogP contribution in [0.4, 0.5) is 11.5 Å². The fourth-order valence-corrected chi connectivity index (χ4v) is 1.66. The predicted molar refractivity (Wildman–Crippen MR) is 74.3 cm³/mol. The van der Waals surface area contributed by atoms with Gasteiger partial charge in [0.1, 0.15) is 0 Å². The average molecular weight is 263 g/mol. The van der Waals surface area contributed by atoms with Gasteiger partial charge in [0, 0.05) is 30.1 Å². The molecule has 0 aliphatic rings. The van der Waals surface area contributed by atoms with Crippen LogP contribution in [0.5, 0.6) is 0 Å². The topological polar surface area (TPSA) is 48.9 Å². The molecule has 0 atom stereocenters. The minimum absolute atomic E-state index is 0.637. The molecule has 5 heteroatoms. The van der Waals surface area contributed by atoms with Crippen LogP contribution in [-0.4, -0.2) is 4.98 Å². The molecule has 0 radical (unpaired) electrons. The molecule has 0 aromatic carbocycles. The van der Waals surface area contributed by atoms with Gasteiger partial charge in [0.05, 0.1) is 0 Å². The van der Waals surface area contributed by atoms with Crippen molar-refractivity contribution in [3.05, 3.63) is 90.4 Å². The van der Waals surface area contributed by atoms with E-state index in [2.05, 4.69) is 15.8 Å². The highest BCUT2D eigenvalue weighted by Gasteiger charge is 1.92. The maximum absolute atomic E-state index is 4.39. The van der Waals surface area contributed by atoms with Crippen molar-refractivity contribution in [2.24, 2.45) is 0 Å². The minimum atomic E-state index is 0.637. The first-order chi connectivity index (χ1) is 9.90. The van der Waals surface area contributed by atoms with Crippen LogP contribution in [0.15, 0.2) is 79.5 Å². The second kappa shape index (κ2) is 5.79. The molecule has 0 spiro atoms. The molecule has 0 fully saturated rings. The zero-order chi connectivity index (χ0) is 13.6. The Bertz CT molecular complexity index is 592. The lowest BCUT2D eigenvalue weighted by Gasteiger charge is -2.16. The lowest BCUT2D eigenvalue weighted by molar-refractivity contribution is -0.619. The van der Waals surface area contributed by atoms with Gasteiger partial charge in [-0.1, -0.05) is 36.1 Å². The number of rotatable bonds is 4. The molecular formula is C15H13N5. The van der Waals surface area contributed by atoms with Crippen molar-refractivity contribution in [2.45, 2.75) is 0 Å². The molecule has 0 N–H and O–H groups in total. The molecule has 3 heterocycles. The van der Waals surface area contributed by atoms with Crippen LogP contribution in [0.2, 0.25) is 0 Å². The molecule has 0 saturated heterocycles. The van der Waals surface area contributed by atoms with Gasteiger partial charge in [0.25, 0.3) is 0 Å². The minimum Gasteiger partial charge on any atom is -0.439 e. The van der Waals surface area contributed by atoms with Gasteiger partial charge in [0.15, 0.2) is 24.8 Å². The Kier molecular flexibility index (Phi) is 3.51. The van der Waals surface area contributed by atoms with Gasteiger partial charge < -0.3 is 10.4 Å². The normalized spacial score (nSPS) is 10.0. The molecule has 0 amide bonds. The summed E-state index contributed by atoms with van der Waals surface area (Å²) in [5.41, 5.74) is 9.52. The first kappa shape index (κ1) is 12.1. The summed E-state index contributed by atoms with van der Waals surface area (Å²) < 4.78 is 3.45. The molecule has 0 aliphatic heterocycles. The van der Waals surface area contributed by atoms with Crippen molar-refractivity contribution in [1.29, 1.82) is 0 Å². The second-order valence-electron chi connectivity index (χ2n) is 4.09. The Labute approximate surface area is 117 Å². The molecule has 5 nitrogen and oxygen atoms in total. The molecule has 3 aromatic heterocycles. The first-order valence-corrected chi connectivity index (χ1v) is 6.23. The Morgan fingerprint density at radius 3 is 1.85 bits per heavy atom. The van der Waals surface area contributed by atoms with E-state index in [0.29, 0.717) is 5.82 Å². The van der Waals surface area contributed by atoms with Gasteiger partial charge in [-0.2, -0.15) is 10.1 Å². The lowest BCUT2D eigenvalue weighted by atomic mass is 10.4. The van der Waals surface area contributed by atoms with Gasteiger partial charge in [0.2, 0.25) is 0 Å². The van der Waals surface area contributed by atoms with E-state index in [1.165, 1.54) is 0 Å². The summed E-state index contributed by atoms with van der Waals surface area (Å²) in [6.07, 6.45) is 9.16. The van der Waals surface area contributed by atoms with Crippen molar-refractivity contribution in [3.63, 3.8) is 0 Å². The largest absolute Gasteiger partial charge is 0.439 e. The van der Waals surface area contributed by atoms with Gasteiger partial charge in [-0.05, 0) is 0 Å². The highest BCUT2D eigenvalue weighted by atomic mass is 15.4. The Morgan fingerprint density at radius 1 is 0.700 bits per heavy atom. The van der Waals surface area contributed by atoms with Gasteiger partial charge in [-0.3, -0.25) is 0 Å². The quantitative estimate of drug-likeness (QED) is 0.667. The number of hydrogen-bond acceptors (Lipinski definition) is 1. The van der Waals surface area contributed by atoms with E-state index in [0.717, 1.165) is 5.69 Å². The molecule has 20 heavy (non-hydrogen) atoms. The van der Waals surface area contributed by atoms with E-state index in [1.54, 1.807) is 15.5 Å². The fourth-order valence-electron chi connectivity index (χ4n) is 1.66. The maximum Gasteiger partial charge on any atom is 0.182 e. The summed E-state index contributed by atoms with van der Waals surface area (Å²) in [5.74, 6) is 0.637. The van der Waals surface area contributed by atoms with Crippen molar-refractivity contribution in [1.82, 2.24) is 4.98 Å². The molecule has 98 valence electrons. The maximum atomic E-state index is 4.39. The first-order valence-electron chi connectivity index (χ1n) is 6.23. The van der Waals surface area contributed by atoms with Crippen LogP contribution in [0, 0.1) is 0 Å². The van der Waals surface area contributed by atoms with Crippen LogP contribution in [0.25, 0.3) is 10.9 Å². The monoisotopic (exact) mass is 263 g/mol. The molecule has 0 unspecified atom stereocenters. The number of pyridine rings is 3. The van der Waals surface area contributed by atoms with Crippen LogP contribution < -0.4 is 9.35 Å². The Hall–Kier alpha value is -2.95. The number of nitrogens with zero attached hydrogens (tertiary/aromatic N) is 5. The van der Waals surface area contributed by atoms with Gasteiger partial charge >= 0.3 is 0 Å². The third-order valence-electron chi connectivity index (χ3n) is 2.58. The standard InChI is InChI=1S/C15H13N5/c1-3-9-19(10-4-1)17-14-7-8-15(16-13-14)18-20-11-5-2-6-12-20/h1-13H. The SMILES string of the molecule is c1cc[n+]([N-]c2ccc([N-][n+]3ccccc3)nc2)cc1. The zero-order valence-electron chi connectivity index (χ0n) is 10.7. The molecule has 3 aromatic rings. The van der Waals surface area contributed by atoms with Crippen LogP contribution in [0.1, 0.15) is 0 Å². The third-order valence-corrected chi connectivity index (χ3v) is 2.58. The summed E-state index contributed by atoms with van der Waals surface area (Å²) >= 11 is 0. The van der Waals surface area contributed by atoms with Crippen LogP contribution in [0.3, 0.4) is 0 Å². The molecule has 0 bridgehead atoms. The highest BCUT2D eigenvalue weighted by molar-refractivity contribution is 5.48. The molecule has 0 aliphatic carbocycles. The molecule has 3 rings (SSSR count). The lowest BCUT2D eigenvalue weighted by Crippen LogP contribution is -2.26. The summed E-state index contributed by atoms with van der Waals surface area (Å²) in [6, 6.07) is 15.3. The average Bonchev–Trinajstić information content (AvgIpc) is 2.51. The van der Waals surface area contributed by atoms with E-state index in [-0.39, 0.29) is 0 Å². The zero-order valence-corrected chi connectivity index (χ0v) is 10.7. The predicted octanol–water partition coefficient (Wildman–Crippen LogP) is 2.59. The summed E-state index contributed by atoms with van der Waals surface area (Å²) in [5, 5.41) is 0. The highest BCUT2D eigenvalue weighted by Crippen LogP contribution is 2.18. The van der Waals surface area contributed by atoms with Crippen LogP contribution >= 0.6 is 0 Å². The molecule has 0 saturated carbocycles. The Balaban J connectivity index is 1.69. The number of hydrogen-bond donors (Lipinski definition) is 0. The van der Waals surface area contributed by atoms with Crippen molar-refractivity contribution >= 4 is 11.5 Å². The smallest absolute Gasteiger partial charge is 0.182 e.